The van der Waals surface area contributed by atoms with Gasteiger partial charge in [0.1, 0.15) is 5.75 Å². The number of thiophene rings is 1. The summed E-state index contributed by atoms with van der Waals surface area (Å²) < 4.78 is 7.04. The van der Waals surface area contributed by atoms with Gasteiger partial charge in [0, 0.05) is 23.7 Å². The van der Waals surface area contributed by atoms with E-state index in [0.717, 1.165) is 33.5 Å². The maximum Gasteiger partial charge on any atom is 0.129 e. The van der Waals surface area contributed by atoms with Gasteiger partial charge < -0.3 is 4.74 Å². The Balaban J connectivity index is 2.24. The molecule has 0 radical (unpaired) electrons. The van der Waals surface area contributed by atoms with Crippen LogP contribution in [0.3, 0.4) is 0 Å². The number of ether oxygens (including phenoxy) is 1. The molecule has 0 aromatic carbocycles. The second-order valence-electron chi connectivity index (χ2n) is 4.50. The van der Waals surface area contributed by atoms with Gasteiger partial charge in [-0.15, -0.1) is 11.3 Å². The topological polar surface area (TPSA) is 65.1 Å². The fourth-order valence-electron chi connectivity index (χ4n) is 2.10. The predicted octanol–water partition coefficient (Wildman–Crippen LogP) is 2.45. The number of nitrogens with one attached hydrogen (secondary N) is 1. The van der Waals surface area contributed by atoms with E-state index in [0.29, 0.717) is 6.42 Å². The molecule has 0 saturated carbocycles. The molecule has 7 heteroatoms. The monoisotopic (exact) mass is 314 g/mol. The number of halogens is 1. The number of hydrogen-bond donors (Lipinski definition) is 2. The maximum atomic E-state index is 6.38. The van der Waals surface area contributed by atoms with Crippen LogP contribution in [-0.4, -0.2) is 16.9 Å². The zero-order chi connectivity index (χ0) is 14.7. The molecular weight excluding hydrogens is 296 g/mol. The molecule has 0 aliphatic carbocycles. The van der Waals surface area contributed by atoms with Crippen molar-refractivity contribution in [3.63, 3.8) is 0 Å². The van der Waals surface area contributed by atoms with Crippen molar-refractivity contribution in [2.75, 3.05) is 7.11 Å². The third-order valence-electron chi connectivity index (χ3n) is 3.28. The van der Waals surface area contributed by atoms with Gasteiger partial charge in [-0.2, -0.15) is 5.10 Å². The van der Waals surface area contributed by atoms with Gasteiger partial charge in [0.05, 0.1) is 29.6 Å². The Kier molecular flexibility index (Phi) is 5.04. The van der Waals surface area contributed by atoms with Gasteiger partial charge in [-0.25, -0.2) is 0 Å². The molecule has 0 aliphatic heterocycles. The van der Waals surface area contributed by atoms with Crippen LogP contribution in [0, 0.1) is 0 Å². The van der Waals surface area contributed by atoms with Gasteiger partial charge in [0.2, 0.25) is 0 Å². The van der Waals surface area contributed by atoms with Crippen molar-refractivity contribution < 1.29 is 4.74 Å². The van der Waals surface area contributed by atoms with Crippen molar-refractivity contribution in [1.29, 1.82) is 0 Å². The average molecular weight is 315 g/mol. The largest absolute Gasteiger partial charge is 0.496 e. The molecule has 0 saturated heterocycles. The summed E-state index contributed by atoms with van der Waals surface area (Å²) in [6.07, 6.45) is 1.50. The van der Waals surface area contributed by atoms with Crippen molar-refractivity contribution in [2.24, 2.45) is 12.9 Å². The molecule has 2 aromatic rings. The molecule has 0 amide bonds. The third kappa shape index (κ3) is 2.98. The molecule has 2 rings (SSSR count). The van der Waals surface area contributed by atoms with Crippen LogP contribution in [0.1, 0.15) is 29.2 Å². The van der Waals surface area contributed by atoms with E-state index in [-0.39, 0.29) is 6.04 Å². The highest BCUT2D eigenvalue weighted by Crippen LogP contribution is 2.31. The zero-order valence-corrected chi connectivity index (χ0v) is 13.4. The first kappa shape index (κ1) is 15.3. The smallest absolute Gasteiger partial charge is 0.129 e. The van der Waals surface area contributed by atoms with Crippen molar-refractivity contribution in [3.8, 4) is 5.75 Å². The second-order valence-corrected chi connectivity index (χ2v) is 5.82. The Morgan fingerprint density at radius 3 is 2.85 bits per heavy atom. The van der Waals surface area contributed by atoms with E-state index in [4.69, 9.17) is 22.2 Å². The summed E-state index contributed by atoms with van der Waals surface area (Å²) in [6.45, 7) is 2.04. The fourth-order valence-corrected chi connectivity index (χ4v) is 3.39. The van der Waals surface area contributed by atoms with Crippen molar-refractivity contribution in [2.45, 2.75) is 25.8 Å². The lowest BCUT2D eigenvalue weighted by atomic mass is 10.1. The normalized spacial score (nSPS) is 12.7. The molecule has 1 unspecified atom stereocenters. The van der Waals surface area contributed by atoms with Crippen molar-refractivity contribution in [1.82, 2.24) is 15.2 Å². The summed E-state index contributed by atoms with van der Waals surface area (Å²) in [7, 11) is 3.56. The number of hydrogen-bond acceptors (Lipinski definition) is 5. The molecule has 0 spiro atoms. The van der Waals surface area contributed by atoms with E-state index < -0.39 is 0 Å². The minimum Gasteiger partial charge on any atom is -0.496 e. The van der Waals surface area contributed by atoms with Crippen LogP contribution in [0.2, 0.25) is 5.02 Å². The molecule has 2 aromatic heterocycles. The standard InChI is InChI=1S/C13H19ClN4OS/c1-4-9-13(14)11(18(2)17-9)6-10(16-15)12-5-8(19-3)7-20-12/h5,7,10,16H,4,6,15H2,1-3H3. The van der Waals surface area contributed by atoms with Crippen molar-refractivity contribution in [3.05, 3.63) is 32.7 Å². The van der Waals surface area contributed by atoms with Gasteiger partial charge in [0.25, 0.3) is 0 Å². The van der Waals surface area contributed by atoms with Crippen LogP contribution >= 0.6 is 22.9 Å². The summed E-state index contributed by atoms with van der Waals surface area (Å²) in [5.74, 6) is 6.53. The molecule has 0 fully saturated rings. The zero-order valence-electron chi connectivity index (χ0n) is 11.8. The number of aromatic nitrogens is 2. The summed E-state index contributed by atoms with van der Waals surface area (Å²) in [4.78, 5) is 1.11. The predicted molar refractivity (Wildman–Crippen MR) is 82.2 cm³/mol. The minimum atomic E-state index is -0.0125. The minimum absolute atomic E-state index is 0.0125. The Labute approximate surface area is 127 Å². The van der Waals surface area contributed by atoms with Gasteiger partial charge >= 0.3 is 0 Å². The van der Waals surface area contributed by atoms with Crippen LogP contribution < -0.4 is 16.0 Å². The number of aryl methyl sites for hydroxylation is 2. The molecule has 3 N–H and O–H groups in total. The van der Waals surface area contributed by atoms with Crippen LogP contribution in [-0.2, 0) is 19.9 Å². The molecule has 20 heavy (non-hydrogen) atoms. The van der Waals surface area contributed by atoms with Crippen LogP contribution in [0.25, 0.3) is 0 Å². The highest BCUT2D eigenvalue weighted by Gasteiger charge is 2.20. The Morgan fingerprint density at radius 2 is 2.35 bits per heavy atom. The number of hydrazine groups is 1. The lowest BCUT2D eigenvalue weighted by Gasteiger charge is -2.14. The summed E-state index contributed by atoms with van der Waals surface area (Å²) in [5, 5.41) is 7.12. The lowest BCUT2D eigenvalue weighted by molar-refractivity contribution is 0.415. The molecule has 2 heterocycles. The molecule has 5 nitrogen and oxygen atoms in total. The lowest BCUT2D eigenvalue weighted by Crippen LogP contribution is -2.29. The maximum absolute atomic E-state index is 6.38. The highest BCUT2D eigenvalue weighted by atomic mass is 35.5. The number of nitrogens with zero attached hydrogens (tertiary/aromatic N) is 2. The van der Waals surface area contributed by atoms with E-state index >= 15 is 0 Å². The van der Waals surface area contributed by atoms with Crippen LogP contribution in [0.5, 0.6) is 5.75 Å². The SMILES string of the molecule is CCc1nn(C)c(CC(NN)c2cc(OC)cs2)c1Cl. The third-order valence-corrected chi connectivity index (χ3v) is 4.74. The number of rotatable bonds is 6. The van der Waals surface area contributed by atoms with Crippen molar-refractivity contribution >= 4 is 22.9 Å². The number of nitrogens with two attached hydrogens (primary N) is 1. The van der Waals surface area contributed by atoms with Gasteiger partial charge in [0.15, 0.2) is 0 Å². The van der Waals surface area contributed by atoms with Gasteiger partial charge in [-0.1, -0.05) is 18.5 Å². The summed E-state index contributed by atoms with van der Waals surface area (Å²) in [5.41, 5.74) is 4.75. The van der Waals surface area contributed by atoms with E-state index in [1.54, 1.807) is 18.4 Å². The Morgan fingerprint density at radius 1 is 1.60 bits per heavy atom. The second kappa shape index (κ2) is 6.58. The summed E-state index contributed by atoms with van der Waals surface area (Å²) in [6, 6.07) is 1.97. The Bertz CT molecular complexity index is 581. The van der Waals surface area contributed by atoms with E-state index in [1.807, 2.05) is 30.1 Å². The van der Waals surface area contributed by atoms with Gasteiger partial charge in [-0.05, 0) is 12.5 Å². The Hall–Kier alpha value is -1.08. The number of methoxy groups -OCH3 is 1. The van der Waals surface area contributed by atoms with E-state index in [9.17, 15) is 0 Å². The average Bonchev–Trinajstić information content (AvgIpc) is 3.02. The van der Waals surface area contributed by atoms with Crippen LogP contribution in [0.4, 0.5) is 0 Å². The first-order valence-electron chi connectivity index (χ1n) is 6.39. The molecule has 0 bridgehead atoms. The van der Waals surface area contributed by atoms with E-state index in [1.165, 1.54) is 0 Å². The first-order chi connectivity index (χ1) is 9.60. The first-order valence-corrected chi connectivity index (χ1v) is 7.65. The molecule has 0 aliphatic rings. The molecular formula is C13H19ClN4OS. The summed E-state index contributed by atoms with van der Waals surface area (Å²) >= 11 is 7.99. The quantitative estimate of drug-likeness (QED) is 0.635. The molecule has 110 valence electrons. The molecule has 1 atom stereocenters. The van der Waals surface area contributed by atoms with Gasteiger partial charge in [-0.3, -0.25) is 16.0 Å². The fraction of sp³-hybridized carbons (Fsp3) is 0.462. The van der Waals surface area contributed by atoms with E-state index in [2.05, 4.69) is 10.5 Å². The highest BCUT2D eigenvalue weighted by molar-refractivity contribution is 7.10. The van der Waals surface area contributed by atoms with Crippen LogP contribution in [0.15, 0.2) is 11.4 Å².